The number of hydrogen-bond donors (Lipinski definition) is 1. The van der Waals surface area contributed by atoms with Crippen molar-refractivity contribution in [3.8, 4) is 0 Å². The van der Waals surface area contributed by atoms with Gasteiger partial charge in [-0.15, -0.1) is 11.8 Å². The average molecular weight is 227 g/mol. The molecule has 0 aromatic heterocycles. The highest BCUT2D eigenvalue weighted by Gasteiger charge is 2.22. The quantitative estimate of drug-likeness (QED) is 0.546. The molecule has 0 spiro atoms. The van der Waals surface area contributed by atoms with Crippen molar-refractivity contribution in [3.63, 3.8) is 0 Å². The Balaban J connectivity index is 2.52. The Hall–Kier alpha value is -0.930. The van der Waals surface area contributed by atoms with Crippen molar-refractivity contribution in [1.29, 1.82) is 0 Å². The lowest BCUT2D eigenvalue weighted by Crippen LogP contribution is -2.12. The summed E-state index contributed by atoms with van der Waals surface area (Å²) in [5.74, 6) is 0.390. The highest BCUT2D eigenvalue weighted by molar-refractivity contribution is 7.99. The summed E-state index contributed by atoms with van der Waals surface area (Å²) in [5.41, 5.74) is 1.05. The molecule has 1 aromatic rings. The molecule has 0 aliphatic carbocycles. The number of aliphatic hydroxyl groups excluding tert-OH is 1. The van der Waals surface area contributed by atoms with Gasteiger partial charge in [0.25, 0.3) is 0 Å². The molecular weight excluding hydrogens is 220 g/mol. The van der Waals surface area contributed by atoms with E-state index in [-0.39, 0.29) is 5.78 Å². The SMILES string of the molecule is O=C1/C(=C\O)CSc2cc(Cl)ccc21. The zero-order valence-electron chi connectivity index (χ0n) is 7.16. The number of rotatable bonds is 0. The highest BCUT2D eigenvalue weighted by Crippen LogP contribution is 2.34. The summed E-state index contributed by atoms with van der Waals surface area (Å²) in [4.78, 5) is 12.6. The predicted molar refractivity (Wildman–Crippen MR) is 57.2 cm³/mol. The van der Waals surface area contributed by atoms with Crippen molar-refractivity contribution in [2.75, 3.05) is 5.75 Å². The van der Waals surface area contributed by atoms with Crippen LogP contribution in [0.1, 0.15) is 10.4 Å². The van der Waals surface area contributed by atoms with Gasteiger partial charge < -0.3 is 5.11 Å². The first-order valence-corrected chi connectivity index (χ1v) is 5.39. The molecule has 1 N–H and O–H groups in total. The third-order valence-electron chi connectivity index (χ3n) is 2.02. The minimum atomic E-state index is -0.113. The van der Waals surface area contributed by atoms with E-state index < -0.39 is 0 Å². The lowest BCUT2D eigenvalue weighted by Gasteiger charge is -2.15. The monoisotopic (exact) mass is 226 g/mol. The highest BCUT2D eigenvalue weighted by atomic mass is 35.5. The number of ketones is 1. The molecule has 2 rings (SSSR count). The van der Waals surface area contributed by atoms with Gasteiger partial charge in [0.05, 0.1) is 6.26 Å². The minimum Gasteiger partial charge on any atom is -0.515 e. The van der Waals surface area contributed by atoms with E-state index in [0.29, 0.717) is 21.9 Å². The van der Waals surface area contributed by atoms with Crippen LogP contribution >= 0.6 is 23.4 Å². The second kappa shape index (κ2) is 3.67. The average Bonchev–Trinajstić information content (AvgIpc) is 2.18. The molecule has 0 unspecified atom stereocenters. The third-order valence-corrected chi connectivity index (χ3v) is 3.36. The maximum absolute atomic E-state index is 11.7. The van der Waals surface area contributed by atoms with Crippen molar-refractivity contribution in [2.45, 2.75) is 4.90 Å². The zero-order valence-corrected chi connectivity index (χ0v) is 8.73. The van der Waals surface area contributed by atoms with Crippen molar-refractivity contribution >= 4 is 29.1 Å². The van der Waals surface area contributed by atoms with Crippen LogP contribution in [-0.2, 0) is 0 Å². The smallest absolute Gasteiger partial charge is 0.194 e. The molecule has 0 bridgehead atoms. The maximum Gasteiger partial charge on any atom is 0.194 e. The van der Waals surface area contributed by atoms with Gasteiger partial charge in [0.1, 0.15) is 0 Å². The van der Waals surface area contributed by atoms with E-state index >= 15 is 0 Å². The van der Waals surface area contributed by atoms with E-state index in [4.69, 9.17) is 16.7 Å². The Morgan fingerprint density at radius 2 is 2.29 bits per heavy atom. The zero-order chi connectivity index (χ0) is 10.1. The van der Waals surface area contributed by atoms with E-state index in [1.54, 1.807) is 18.2 Å². The molecule has 2 nitrogen and oxygen atoms in total. The largest absolute Gasteiger partial charge is 0.515 e. The van der Waals surface area contributed by atoms with Gasteiger partial charge in [0.15, 0.2) is 5.78 Å². The van der Waals surface area contributed by atoms with Gasteiger partial charge in [-0.2, -0.15) is 0 Å². The number of carbonyl (C=O) groups is 1. The fourth-order valence-corrected chi connectivity index (χ4v) is 2.57. The van der Waals surface area contributed by atoms with Gasteiger partial charge in [-0.25, -0.2) is 0 Å². The second-order valence-corrected chi connectivity index (χ2v) is 4.37. The summed E-state index contributed by atoms with van der Waals surface area (Å²) >= 11 is 7.31. The molecule has 0 saturated heterocycles. The lowest BCUT2D eigenvalue weighted by molar-refractivity contribution is 0.102. The van der Waals surface area contributed by atoms with Crippen LogP contribution < -0.4 is 0 Å². The fourth-order valence-electron chi connectivity index (χ4n) is 1.29. The number of benzene rings is 1. The number of Topliss-reactive ketones (excluding diaryl/α,β-unsaturated/α-hetero) is 1. The maximum atomic E-state index is 11.7. The van der Waals surface area contributed by atoms with Gasteiger partial charge >= 0.3 is 0 Å². The first kappa shape index (κ1) is 9.62. The number of aliphatic hydroxyl groups is 1. The Morgan fingerprint density at radius 3 is 3.00 bits per heavy atom. The number of fused-ring (bicyclic) bond motifs is 1. The molecule has 0 saturated carbocycles. The van der Waals surface area contributed by atoms with Crippen LogP contribution in [0.2, 0.25) is 5.02 Å². The third kappa shape index (κ3) is 1.53. The van der Waals surface area contributed by atoms with E-state index in [1.807, 2.05) is 0 Å². The predicted octanol–water partition coefficient (Wildman–Crippen LogP) is 3.07. The fraction of sp³-hybridized carbons (Fsp3) is 0.100. The van der Waals surface area contributed by atoms with Gasteiger partial charge in [-0.3, -0.25) is 4.79 Å². The molecule has 14 heavy (non-hydrogen) atoms. The van der Waals surface area contributed by atoms with Crippen molar-refractivity contribution in [3.05, 3.63) is 40.6 Å². The first-order valence-electron chi connectivity index (χ1n) is 4.02. The van der Waals surface area contributed by atoms with Crippen molar-refractivity contribution < 1.29 is 9.90 Å². The number of carbonyl (C=O) groups excluding carboxylic acids is 1. The van der Waals surface area contributed by atoms with E-state index in [0.717, 1.165) is 11.2 Å². The Bertz CT molecular complexity index is 426. The van der Waals surface area contributed by atoms with Crippen LogP contribution in [-0.4, -0.2) is 16.6 Å². The lowest BCUT2D eigenvalue weighted by atomic mass is 10.1. The van der Waals surface area contributed by atoms with Crippen LogP contribution in [0.25, 0.3) is 0 Å². The van der Waals surface area contributed by atoms with Crippen LogP contribution in [0.4, 0.5) is 0 Å². The van der Waals surface area contributed by atoms with E-state index in [9.17, 15) is 4.79 Å². The van der Waals surface area contributed by atoms with Crippen molar-refractivity contribution in [2.24, 2.45) is 0 Å². The summed E-state index contributed by atoms with van der Waals surface area (Å²) in [6.07, 6.45) is 0.882. The molecule has 0 atom stereocenters. The topological polar surface area (TPSA) is 37.3 Å². The van der Waals surface area contributed by atoms with E-state index in [2.05, 4.69) is 0 Å². The van der Waals surface area contributed by atoms with Crippen LogP contribution in [0.5, 0.6) is 0 Å². The summed E-state index contributed by atoms with van der Waals surface area (Å²) in [5, 5.41) is 9.44. The molecule has 72 valence electrons. The van der Waals surface area contributed by atoms with Gasteiger partial charge in [0, 0.05) is 26.8 Å². The van der Waals surface area contributed by atoms with Gasteiger partial charge in [0.2, 0.25) is 0 Å². The summed E-state index contributed by atoms with van der Waals surface area (Å²) in [7, 11) is 0. The van der Waals surface area contributed by atoms with Gasteiger partial charge in [-0.05, 0) is 18.2 Å². The second-order valence-electron chi connectivity index (χ2n) is 2.91. The van der Waals surface area contributed by atoms with Crippen LogP contribution in [0.15, 0.2) is 34.9 Å². The number of hydrogen-bond acceptors (Lipinski definition) is 3. The molecule has 0 fully saturated rings. The summed E-state index contributed by atoms with van der Waals surface area (Å²) in [6, 6.07) is 5.14. The van der Waals surface area contributed by atoms with Crippen LogP contribution in [0, 0.1) is 0 Å². The molecule has 1 aromatic carbocycles. The van der Waals surface area contributed by atoms with Crippen LogP contribution in [0.3, 0.4) is 0 Å². The Morgan fingerprint density at radius 1 is 1.50 bits per heavy atom. The molecule has 0 amide bonds. The molecule has 1 aliphatic heterocycles. The molecule has 1 heterocycles. The summed E-state index contributed by atoms with van der Waals surface area (Å²) in [6.45, 7) is 0. The van der Waals surface area contributed by atoms with E-state index in [1.165, 1.54) is 11.8 Å². The minimum absolute atomic E-state index is 0.113. The Labute approximate surface area is 90.6 Å². The summed E-state index contributed by atoms with van der Waals surface area (Å²) < 4.78 is 0. The molecule has 0 radical (unpaired) electrons. The molecular formula is C10H7ClO2S. The molecule has 1 aliphatic rings. The molecule has 4 heteroatoms. The Kier molecular flexibility index (Phi) is 2.52. The normalized spacial score (nSPS) is 18.4. The first-order chi connectivity index (χ1) is 6.72. The standard InChI is InChI=1S/C10H7ClO2S/c11-7-1-2-8-9(3-7)14-5-6(4-12)10(8)13/h1-4,12H,5H2/b6-4-. The number of halogens is 1. The van der Waals surface area contributed by atoms with Crippen molar-refractivity contribution in [1.82, 2.24) is 0 Å². The number of thioether (sulfide) groups is 1. The van der Waals surface area contributed by atoms with Gasteiger partial charge in [-0.1, -0.05) is 11.6 Å².